The van der Waals surface area contributed by atoms with Crippen LogP contribution in [0.25, 0.3) is 11.4 Å². The zero-order valence-corrected chi connectivity index (χ0v) is 11.7. The zero-order valence-electron chi connectivity index (χ0n) is 11.7. The highest BCUT2D eigenvalue weighted by Crippen LogP contribution is 2.41. The number of hydrogen-bond donors (Lipinski definition) is 1. The van der Waals surface area contributed by atoms with Crippen LogP contribution in [-0.2, 0) is 4.74 Å². The first-order valence-corrected chi connectivity index (χ1v) is 7.02. The third kappa shape index (κ3) is 2.86. The van der Waals surface area contributed by atoms with Crippen LogP contribution in [0.2, 0.25) is 0 Å². The number of benzene rings is 1. The van der Waals surface area contributed by atoms with Crippen LogP contribution in [0, 0.1) is 0 Å². The van der Waals surface area contributed by atoms with Gasteiger partial charge < -0.3 is 9.84 Å². The van der Waals surface area contributed by atoms with E-state index in [2.05, 4.69) is 9.97 Å². The number of esters is 1. The number of rotatable bonds is 4. The second-order valence-corrected chi connectivity index (χ2v) is 5.04. The normalized spacial score (nSPS) is 14.0. The van der Waals surface area contributed by atoms with Gasteiger partial charge in [0.1, 0.15) is 5.75 Å². The molecule has 1 saturated carbocycles. The van der Waals surface area contributed by atoms with E-state index in [4.69, 9.17) is 4.74 Å². The van der Waals surface area contributed by atoms with Gasteiger partial charge in [-0.15, -0.1) is 0 Å². The van der Waals surface area contributed by atoms with E-state index >= 15 is 0 Å². The summed E-state index contributed by atoms with van der Waals surface area (Å²) < 4.78 is 5.05. The molecule has 5 nitrogen and oxygen atoms in total. The number of hydrogen-bond acceptors (Lipinski definition) is 5. The van der Waals surface area contributed by atoms with E-state index < -0.39 is 0 Å². The largest absolute Gasteiger partial charge is 0.508 e. The van der Waals surface area contributed by atoms with E-state index in [-0.39, 0.29) is 11.7 Å². The number of carbonyl (C=O) groups is 1. The van der Waals surface area contributed by atoms with E-state index in [9.17, 15) is 9.90 Å². The highest BCUT2D eigenvalue weighted by molar-refractivity contribution is 5.90. The lowest BCUT2D eigenvalue weighted by molar-refractivity contribution is 0.0524. The predicted octanol–water partition coefficient (Wildman–Crippen LogP) is 2.90. The number of ether oxygens (including phenoxy) is 1. The van der Waals surface area contributed by atoms with E-state index in [1.807, 2.05) is 6.07 Å². The van der Waals surface area contributed by atoms with Crippen molar-refractivity contribution in [1.29, 1.82) is 0 Å². The maximum atomic E-state index is 12.0. The van der Waals surface area contributed by atoms with Gasteiger partial charge >= 0.3 is 5.97 Å². The molecule has 1 aromatic carbocycles. The highest BCUT2D eigenvalue weighted by atomic mass is 16.5. The molecule has 1 heterocycles. The Kier molecular flexibility index (Phi) is 3.56. The number of phenolic OH excluding ortho intramolecular Hbond substituents is 1. The van der Waals surface area contributed by atoms with Gasteiger partial charge in [-0.05, 0) is 31.9 Å². The van der Waals surface area contributed by atoms with Crippen LogP contribution in [0.5, 0.6) is 5.75 Å². The fourth-order valence-corrected chi connectivity index (χ4v) is 2.21. The van der Waals surface area contributed by atoms with Crippen molar-refractivity contribution in [3.05, 3.63) is 41.7 Å². The van der Waals surface area contributed by atoms with Crippen molar-refractivity contribution in [2.45, 2.75) is 25.7 Å². The quantitative estimate of drug-likeness (QED) is 0.874. The van der Waals surface area contributed by atoms with E-state index in [0.717, 1.165) is 24.1 Å². The van der Waals surface area contributed by atoms with E-state index in [1.54, 1.807) is 25.1 Å². The van der Waals surface area contributed by atoms with Crippen LogP contribution in [0.4, 0.5) is 0 Å². The first-order chi connectivity index (χ1) is 10.2. The minimum absolute atomic E-state index is 0.165. The third-order valence-corrected chi connectivity index (χ3v) is 3.38. The average Bonchev–Trinajstić information content (AvgIpc) is 3.31. The van der Waals surface area contributed by atoms with Gasteiger partial charge in [-0.3, -0.25) is 0 Å². The van der Waals surface area contributed by atoms with Crippen LogP contribution in [0.1, 0.15) is 41.7 Å². The summed E-state index contributed by atoms with van der Waals surface area (Å²) in [4.78, 5) is 20.7. The molecular weight excluding hydrogens is 268 g/mol. The Morgan fingerprint density at radius 2 is 2.24 bits per heavy atom. The summed E-state index contributed by atoms with van der Waals surface area (Å²) in [5.74, 6) is 0.615. The third-order valence-electron chi connectivity index (χ3n) is 3.38. The Morgan fingerprint density at radius 3 is 2.90 bits per heavy atom. The molecule has 1 aliphatic carbocycles. The second-order valence-electron chi connectivity index (χ2n) is 5.04. The summed E-state index contributed by atoms with van der Waals surface area (Å²) in [5.41, 5.74) is 1.93. The van der Waals surface area contributed by atoms with Crippen molar-refractivity contribution in [3.8, 4) is 17.1 Å². The number of aromatic hydroxyl groups is 1. The lowest BCUT2D eigenvalue weighted by Gasteiger charge is -2.09. The second kappa shape index (κ2) is 5.52. The molecular formula is C16H16N2O3. The Balaban J connectivity index is 2.01. The standard InChI is InChI=1S/C16H16N2O3/c1-2-21-16(20)13-9-17-15(18-14(13)10-6-7-10)11-4-3-5-12(19)8-11/h3-5,8-10,19H,2,6-7H2,1H3. The molecule has 1 aliphatic rings. The van der Waals surface area contributed by atoms with Crippen LogP contribution < -0.4 is 0 Å². The van der Waals surface area contributed by atoms with Gasteiger partial charge in [-0.2, -0.15) is 0 Å². The number of phenols is 1. The number of carbonyl (C=O) groups excluding carboxylic acids is 1. The Labute approximate surface area is 122 Å². The van der Waals surface area contributed by atoms with Crippen molar-refractivity contribution < 1.29 is 14.6 Å². The SMILES string of the molecule is CCOC(=O)c1cnc(-c2cccc(O)c2)nc1C1CC1. The lowest BCUT2D eigenvalue weighted by Crippen LogP contribution is -2.11. The van der Waals surface area contributed by atoms with Crippen molar-refractivity contribution in [2.75, 3.05) is 6.61 Å². The van der Waals surface area contributed by atoms with Crippen LogP contribution in [-0.4, -0.2) is 27.7 Å². The molecule has 21 heavy (non-hydrogen) atoms. The Hall–Kier alpha value is -2.43. The zero-order chi connectivity index (χ0) is 14.8. The van der Waals surface area contributed by atoms with Crippen LogP contribution in [0.15, 0.2) is 30.5 Å². The van der Waals surface area contributed by atoms with Crippen molar-refractivity contribution in [3.63, 3.8) is 0 Å². The summed E-state index contributed by atoms with van der Waals surface area (Å²) in [7, 11) is 0. The van der Waals surface area contributed by atoms with E-state index in [1.165, 1.54) is 6.20 Å². The predicted molar refractivity (Wildman–Crippen MR) is 77.1 cm³/mol. The summed E-state index contributed by atoms with van der Waals surface area (Å²) in [6.07, 6.45) is 3.59. The molecule has 0 radical (unpaired) electrons. The molecule has 1 aromatic heterocycles. The van der Waals surface area contributed by atoms with Gasteiger partial charge in [0.05, 0.1) is 17.9 Å². The van der Waals surface area contributed by atoms with E-state index in [0.29, 0.717) is 23.9 Å². The van der Waals surface area contributed by atoms with Gasteiger partial charge in [-0.25, -0.2) is 14.8 Å². The monoisotopic (exact) mass is 284 g/mol. The van der Waals surface area contributed by atoms with Gasteiger partial charge in [0, 0.05) is 17.7 Å². The molecule has 2 aromatic rings. The van der Waals surface area contributed by atoms with Gasteiger partial charge in [0.2, 0.25) is 0 Å². The van der Waals surface area contributed by atoms with Crippen molar-refractivity contribution in [1.82, 2.24) is 9.97 Å². The average molecular weight is 284 g/mol. The molecule has 0 spiro atoms. The topological polar surface area (TPSA) is 72.3 Å². The maximum Gasteiger partial charge on any atom is 0.341 e. The minimum Gasteiger partial charge on any atom is -0.508 e. The molecule has 1 fully saturated rings. The fraction of sp³-hybridized carbons (Fsp3) is 0.312. The Bertz CT molecular complexity index is 681. The highest BCUT2D eigenvalue weighted by Gasteiger charge is 2.31. The molecule has 0 unspecified atom stereocenters. The molecule has 5 heteroatoms. The smallest absolute Gasteiger partial charge is 0.341 e. The summed E-state index contributed by atoms with van der Waals surface area (Å²) in [5, 5.41) is 9.55. The van der Waals surface area contributed by atoms with Crippen LogP contribution in [0.3, 0.4) is 0 Å². The lowest BCUT2D eigenvalue weighted by atomic mass is 10.1. The maximum absolute atomic E-state index is 12.0. The van der Waals surface area contributed by atoms with Crippen LogP contribution >= 0.6 is 0 Å². The fourth-order valence-electron chi connectivity index (χ4n) is 2.21. The molecule has 0 amide bonds. The number of nitrogens with zero attached hydrogens (tertiary/aromatic N) is 2. The van der Waals surface area contributed by atoms with Gasteiger partial charge in [0.15, 0.2) is 5.82 Å². The summed E-state index contributed by atoms with van der Waals surface area (Å²) in [6, 6.07) is 6.77. The van der Waals surface area contributed by atoms with Crippen molar-refractivity contribution >= 4 is 5.97 Å². The summed E-state index contributed by atoms with van der Waals surface area (Å²) >= 11 is 0. The molecule has 108 valence electrons. The first-order valence-electron chi connectivity index (χ1n) is 7.02. The van der Waals surface area contributed by atoms with Gasteiger partial charge in [0.25, 0.3) is 0 Å². The van der Waals surface area contributed by atoms with Crippen molar-refractivity contribution in [2.24, 2.45) is 0 Å². The number of aromatic nitrogens is 2. The minimum atomic E-state index is -0.373. The Morgan fingerprint density at radius 1 is 1.43 bits per heavy atom. The first kappa shape index (κ1) is 13.5. The molecule has 0 bridgehead atoms. The summed E-state index contributed by atoms with van der Waals surface area (Å²) in [6.45, 7) is 2.11. The molecule has 3 rings (SSSR count). The molecule has 0 saturated heterocycles. The van der Waals surface area contributed by atoms with Gasteiger partial charge in [-0.1, -0.05) is 12.1 Å². The molecule has 0 atom stereocenters. The molecule has 0 aliphatic heterocycles. The molecule has 1 N–H and O–H groups in total.